The van der Waals surface area contributed by atoms with Crippen LogP contribution in [0, 0.1) is 0 Å². The van der Waals surface area contributed by atoms with Crippen LogP contribution in [-0.2, 0) is 19.3 Å². The van der Waals surface area contributed by atoms with Crippen LogP contribution in [0.15, 0.2) is 97.1 Å². The highest BCUT2D eigenvalue weighted by molar-refractivity contribution is 7.19. The van der Waals surface area contributed by atoms with Crippen molar-refractivity contribution < 1.29 is 28.7 Å². The van der Waals surface area contributed by atoms with Crippen LogP contribution >= 0.6 is 22.7 Å². The molecule has 0 radical (unpaired) electrons. The van der Waals surface area contributed by atoms with E-state index in [0.29, 0.717) is 38.9 Å². The zero-order valence-electron chi connectivity index (χ0n) is 37.4. The number of nitrogens with zero attached hydrogens (tertiary/aromatic N) is 6. The molecule has 2 saturated heterocycles. The number of carbonyl (C=O) groups is 2. The van der Waals surface area contributed by atoms with Crippen molar-refractivity contribution >= 4 is 55.0 Å². The summed E-state index contributed by atoms with van der Waals surface area (Å²) < 4.78 is 14.4. The van der Waals surface area contributed by atoms with E-state index in [9.17, 15) is 9.59 Å². The number of hydroxylamine groups is 4. The van der Waals surface area contributed by atoms with Crippen LogP contribution < -0.4 is 9.47 Å². The van der Waals surface area contributed by atoms with Crippen molar-refractivity contribution in [3.8, 4) is 11.5 Å². The van der Waals surface area contributed by atoms with Gasteiger partial charge in [0.1, 0.15) is 33.6 Å². The number of fused-ring (bicyclic) bond motifs is 2. The molecular weight excluding hydrogens is 845 g/mol. The van der Waals surface area contributed by atoms with Crippen LogP contribution in [0.1, 0.15) is 98.4 Å². The topological polar surface area (TPSA) is 110 Å². The summed E-state index contributed by atoms with van der Waals surface area (Å²) in [4.78, 5) is 57.1. The number of unbranched alkanes of at least 4 members (excludes halogenated alkanes) is 2. The SMILES string of the molecule is CCCCOc1cccc(C(c2nc3ccccc3s2)N(OC(=O)C(=O)ON(C2CCN(C)CC2)C(c2cccc(OCCCC)c2)c2nc3ccccc3s2)C2CCN(C)CC2)c1. The van der Waals surface area contributed by atoms with Crippen molar-refractivity contribution in [2.75, 3.05) is 53.5 Å². The van der Waals surface area contributed by atoms with Gasteiger partial charge >= 0.3 is 11.9 Å². The van der Waals surface area contributed by atoms with Crippen LogP contribution in [0.2, 0.25) is 0 Å². The molecule has 2 unspecified atom stereocenters. The first kappa shape index (κ1) is 45.6. The monoisotopic (exact) mass is 904 g/mol. The molecule has 338 valence electrons. The Hall–Kier alpha value is -4.96. The van der Waals surface area contributed by atoms with Gasteiger partial charge in [-0.05, 0) is 138 Å². The van der Waals surface area contributed by atoms with Gasteiger partial charge in [0.2, 0.25) is 0 Å². The van der Waals surface area contributed by atoms with E-state index < -0.39 is 24.0 Å². The average Bonchev–Trinajstić information content (AvgIpc) is 3.94. The van der Waals surface area contributed by atoms with Gasteiger partial charge in [-0.25, -0.2) is 19.6 Å². The summed E-state index contributed by atoms with van der Waals surface area (Å²) in [5.74, 6) is -0.753. The predicted molar refractivity (Wildman–Crippen MR) is 254 cm³/mol. The fourth-order valence-corrected chi connectivity index (χ4v) is 10.6. The van der Waals surface area contributed by atoms with Crippen molar-refractivity contribution in [3.63, 3.8) is 0 Å². The molecule has 4 heterocycles. The first-order valence-corrected chi connectivity index (χ1v) is 24.5. The molecule has 2 aromatic heterocycles. The van der Waals surface area contributed by atoms with E-state index in [1.807, 2.05) is 97.1 Å². The van der Waals surface area contributed by atoms with Gasteiger partial charge in [-0.15, -0.1) is 32.8 Å². The summed E-state index contributed by atoms with van der Waals surface area (Å²) >= 11 is 3.11. The third-order valence-electron chi connectivity index (χ3n) is 12.1. The van der Waals surface area contributed by atoms with Crippen LogP contribution in [-0.4, -0.2) is 107 Å². The highest BCUT2D eigenvalue weighted by atomic mass is 32.1. The second kappa shape index (κ2) is 21.8. The Morgan fingerprint density at radius 3 is 1.41 bits per heavy atom. The van der Waals surface area contributed by atoms with E-state index >= 15 is 0 Å². The number of benzene rings is 4. The van der Waals surface area contributed by atoms with E-state index in [0.717, 1.165) is 105 Å². The molecule has 0 aliphatic carbocycles. The van der Waals surface area contributed by atoms with Gasteiger partial charge in [-0.3, -0.25) is 0 Å². The molecule has 2 fully saturated rings. The molecular formula is C50H60N6O6S2. The van der Waals surface area contributed by atoms with Gasteiger partial charge in [-0.1, -0.05) is 75.2 Å². The average molecular weight is 905 g/mol. The lowest BCUT2D eigenvalue weighted by molar-refractivity contribution is -0.242. The molecule has 2 aliphatic heterocycles. The van der Waals surface area contributed by atoms with Crippen LogP contribution in [0.25, 0.3) is 20.4 Å². The number of aromatic nitrogens is 2. The number of likely N-dealkylation sites (tertiary alicyclic amines) is 2. The molecule has 8 rings (SSSR count). The fraction of sp³-hybridized carbons (Fsp3) is 0.440. The minimum Gasteiger partial charge on any atom is -0.494 e. The van der Waals surface area contributed by atoms with Gasteiger partial charge in [0.05, 0.1) is 33.6 Å². The third kappa shape index (κ3) is 11.1. The lowest BCUT2D eigenvalue weighted by Crippen LogP contribution is -2.49. The Bertz CT molecular complexity index is 2230. The van der Waals surface area contributed by atoms with E-state index in [2.05, 4.69) is 37.7 Å². The maximum Gasteiger partial charge on any atom is 0.438 e. The van der Waals surface area contributed by atoms with Crippen molar-refractivity contribution in [1.82, 2.24) is 29.9 Å². The summed E-state index contributed by atoms with van der Waals surface area (Å²) in [7, 11) is 4.19. The fourth-order valence-electron chi connectivity index (χ4n) is 8.47. The largest absolute Gasteiger partial charge is 0.494 e. The molecule has 0 amide bonds. The summed E-state index contributed by atoms with van der Waals surface area (Å²) in [5, 5.41) is 4.94. The first-order chi connectivity index (χ1) is 31.3. The van der Waals surface area contributed by atoms with Gasteiger partial charge in [0.25, 0.3) is 0 Å². The second-order valence-electron chi connectivity index (χ2n) is 16.9. The predicted octanol–water partition coefficient (Wildman–Crippen LogP) is 9.85. The van der Waals surface area contributed by atoms with Crippen LogP contribution in [0.3, 0.4) is 0 Å². The normalized spacial score (nSPS) is 16.7. The molecule has 0 N–H and O–H groups in total. The molecule has 0 saturated carbocycles. The lowest BCUT2D eigenvalue weighted by Gasteiger charge is -2.40. The molecule has 0 bridgehead atoms. The minimum atomic E-state index is -1.10. The first-order valence-electron chi connectivity index (χ1n) is 22.8. The number of ether oxygens (including phenoxy) is 2. The Morgan fingerprint density at radius 1 is 0.609 bits per heavy atom. The number of thiazole rings is 2. The molecule has 12 nitrogen and oxygen atoms in total. The molecule has 64 heavy (non-hydrogen) atoms. The zero-order chi connectivity index (χ0) is 44.4. The second-order valence-corrected chi connectivity index (χ2v) is 19.1. The Kier molecular flexibility index (Phi) is 15.5. The third-order valence-corrected chi connectivity index (χ3v) is 14.3. The molecule has 14 heteroatoms. The van der Waals surface area contributed by atoms with E-state index in [1.165, 1.54) is 0 Å². The number of carbonyl (C=O) groups excluding carboxylic acids is 2. The van der Waals surface area contributed by atoms with E-state index in [-0.39, 0.29) is 12.1 Å². The summed E-state index contributed by atoms with van der Waals surface area (Å²) in [6.45, 7) is 8.64. The highest BCUT2D eigenvalue weighted by Gasteiger charge is 2.41. The quantitative estimate of drug-likeness (QED) is 0.0465. The Balaban J connectivity index is 1.16. The van der Waals surface area contributed by atoms with Gasteiger partial charge in [0.15, 0.2) is 0 Å². The summed E-state index contributed by atoms with van der Waals surface area (Å²) in [5.41, 5.74) is 3.40. The molecule has 2 atom stereocenters. The maximum absolute atomic E-state index is 14.7. The van der Waals surface area contributed by atoms with Crippen LogP contribution in [0.5, 0.6) is 11.5 Å². The number of hydrogen-bond donors (Lipinski definition) is 0. The maximum atomic E-state index is 14.7. The van der Waals surface area contributed by atoms with Gasteiger partial charge < -0.3 is 28.9 Å². The smallest absolute Gasteiger partial charge is 0.438 e. The molecule has 2 aliphatic rings. The number of rotatable bonds is 18. The zero-order valence-corrected chi connectivity index (χ0v) is 39.0. The standard InChI is InChI=1S/C50H60N6O6S2/c1-5-7-31-59-39-17-13-15-35(33-39)45(47-51-41-19-9-11-21-43(41)63-47)55(37-23-27-53(3)28-24-37)61-49(57)50(58)62-56(38-25-29-54(4)30-26-38)46(48-52-42-20-10-12-22-44(42)64-48)36-16-14-18-40(34-36)60-32-8-6-2/h9-22,33-34,37-38,45-46H,5-8,23-32H2,1-4H3. The molecule has 0 spiro atoms. The lowest BCUT2D eigenvalue weighted by atomic mass is 10.00. The van der Waals surface area contributed by atoms with Crippen molar-refractivity contribution in [2.45, 2.75) is 89.4 Å². The number of hydrogen-bond acceptors (Lipinski definition) is 14. The summed E-state index contributed by atoms with van der Waals surface area (Å²) in [6.07, 6.45) is 6.74. The minimum absolute atomic E-state index is 0.217. The van der Waals surface area contributed by atoms with Crippen molar-refractivity contribution in [2.24, 2.45) is 0 Å². The number of piperidine rings is 2. The van der Waals surface area contributed by atoms with Crippen molar-refractivity contribution in [1.29, 1.82) is 0 Å². The van der Waals surface area contributed by atoms with Crippen LogP contribution in [0.4, 0.5) is 0 Å². The van der Waals surface area contributed by atoms with Gasteiger partial charge in [0, 0.05) is 12.1 Å². The van der Waals surface area contributed by atoms with E-state index in [4.69, 9.17) is 29.1 Å². The Labute approximate surface area is 384 Å². The van der Waals surface area contributed by atoms with Crippen molar-refractivity contribution in [3.05, 3.63) is 118 Å². The Morgan fingerprint density at radius 2 is 1.02 bits per heavy atom. The van der Waals surface area contributed by atoms with Gasteiger partial charge in [-0.2, -0.15) is 0 Å². The van der Waals surface area contributed by atoms with E-state index in [1.54, 1.807) is 32.8 Å². The summed E-state index contributed by atoms with van der Waals surface area (Å²) in [6, 6.07) is 30.2. The molecule has 6 aromatic rings. The highest BCUT2D eigenvalue weighted by Crippen LogP contribution is 2.41. The number of para-hydroxylation sites is 2. The molecule has 4 aromatic carbocycles.